The lowest BCUT2D eigenvalue weighted by Gasteiger charge is -2.09. The van der Waals surface area contributed by atoms with Crippen LogP contribution in [0.5, 0.6) is 0 Å². The van der Waals surface area contributed by atoms with Gasteiger partial charge in [-0.05, 0) is 6.92 Å². The summed E-state index contributed by atoms with van der Waals surface area (Å²) in [4.78, 5) is 4.65. The fraction of sp³-hybridized carbons (Fsp3) is 0.692. The van der Waals surface area contributed by atoms with Crippen LogP contribution in [0, 0.1) is 6.92 Å². The van der Waals surface area contributed by atoms with E-state index in [9.17, 15) is 0 Å². The predicted octanol–water partition coefficient (Wildman–Crippen LogP) is 1.52. The van der Waals surface area contributed by atoms with E-state index in [0.717, 1.165) is 35.6 Å². The highest BCUT2D eigenvalue weighted by Crippen LogP contribution is 2.19. The third-order valence-electron chi connectivity index (χ3n) is 3.18. The maximum absolute atomic E-state index is 5.86. The Balaban J connectivity index is 2.17. The molecule has 2 heterocycles. The summed E-state index contributed by atoms with van der Waals surface area (Å²) in [6.07, 6.45) is 0.744. The van der Waals surface area contributed by atoms with Gasteiger partial charge in [0.05, 0.1) is 25.5 Å². The number of hydrogen-bond donors (Lipinski definition) is 0. The van der Waals surface area contributed by atoms with Crippen molar-refractivity contribution in [2.24, 2.45) is 7.05 Å². The average molecular weight is 301 g/mol. The number of aryl methyl sites for hydroxylation is 3. The van der Waals surface area contributed by atoms with Gasteiger partial charge in [-0.1, -0.05) is 0 Å². The molecule has 0 N–H and O–H groups in total. The number of methoxy groups -OCH3 is 1. The molecule has 0 fully saturated rings. The Morgan fingerprint density at radius 1 is 1.25 bits per heavy atom. The van der Waals surface area contributed by atoms with Crippen molar-refractivity contribution in [2.45, 2.75) is 19.9 Å². The minimum Gasteiger partial charge on any atom is -0.382 e. The van der Waals surface area contributed by atoms with Crippen molar-refractivity contribution in [3.63, 3.8) is 0 Å². The maximum Gasteiger partial charge on any atom is 0.158 e. The molecule has 0 bridgehead atoms. The van der Waals surface area contributed by atoms with Crippen LogP contribution in [0.3, 0.4) is 0 Å². The molecule has 7 heteroatoms. The summed E-state index contributed by atoms with van der Waals surface area (Å²) in [5.41, 5.74) is 2.92. The number of fused-ring (bicyclic) bond motifs is 1. The summed E-state index contributed by atoms with van der Waals surface area (Å²) in [6, 6.07) is 0. The van der Waals surface area contributed by atoms with Crippen LogP contribution in [-0.4, -0.2) is 52.1 Å². The topological polar surface area (TPSA) is 54.1 Å². The predicted molar refractivity (Wildman–Crippen MR) is 78.4 cm³/mol. The number of imidazole rings is 1. The number of alkyl halides is 1. The van der Waals surface area contributed by atoms with E-state index >= 15 is 0 Å². The lowest BCUT2D eigenvalue weighted by Crippen LogP contribution is -2.13. The van der Waals surface area contributed by atoms with E-state index < -0.39 is 0 Å². The zero-order valence-corrected chi connectivity index (χ0v) is 13.0. The van der Waals surface area contributed by atoms with Crippen LogP contribution >= 0.6 is 11.6 Å². The Morgan fingerprint density at radius 2 is 2.05 bits per heavy atom. The summed E-state index contributed by atoms with van der Waals surface area (Å²) >= 11 is 5.86. The van der Waals surface area contributed by atoms with Crippen LogP contribution in [-0.2, 0) is 29.5 Å². The summed E-state index contributed by atoms with van der Waals surface area (Å²) < 4.78 is 14.5. The molecule has 2 rings (SSSR count). The van der Waals surface area contributed by atoms with Crippen molar-refractivity contribution < 1.29 is 9.47 Å². The molecule has 0 saturated heterocycles. The van der Waals surface area contributed by atoms with Crippen LogP contribution < -0.4 is 0 Å². The molecule has 6 nitrogen and oxygen atoms in total. The monoisotopic (exact) mass is 300 g/mol. The summed E-state index contributed by atoms with van der Waals surface area (Å²) in [6.45, 7) is 4.54. The average Bonchev–Trinajstić information content (AvgIpc) is 2.90. The molecule has 0 aromatic carbocycles. The first-order chi connectivity index (χ1) is 9.69. The highest BCUT2D eigenvalue weighted by Gasteiger charge is 2.16. The molecule has 20 heavy (non-hydrogen) atoms. The fourth-order valence-electron chi connectivity index (χ4n) is 2.29. The van der Waals surface area contributed by atoms with Crippen LogP contribution in [0.1, 0.15) is 11.5 Å². The first-order valence-electron chi connectivity index (χ1n) is 6.70. The Labute approximate surface area is 123 Å². The van der Waals surface area contributed by atoms with Gasteiger partial charge in [-0.25, -0.2) is 4.98 Å². The summed E-state index contributed by atoms with van der Waals surface area (Å²) in [5.74, 6) is 1.54. The van der Waals surface area contributed by atoms with E-state index in [1.165, 1.54) is 0 Å². The maximum atomic E-state index is 5.86. The van der Waals surface area contributed by atoms with Crippen LogP contribution in [0.25, 0.3) is 11.2 Å². The van der Waals surface area contributed by atoms with E-state index in [1.807, 2.05) is 18.7 Å². The van der Waals surface area contributed by atoms with E-state index in [2.05, 4.69) is 14.6 Å². The number of halogens is 1. The number of aromatic nitrogens is 4. The highest BCUT2D eigenvalue weighted by molar-refractivity contribution is 6.17. The molecule has 0 spiro atoms. The zero-order chi connectivity index (χ0) is 14.5. The second-order valence-electron chi connectivity index (χ2n) is 4.61. The van der Waals surface area contributed by atoms with Gasteiger partial charge in [0.2, 0.25) is 0 Å². The summed E-state index contributed by atoms with van der Waals surface area (Å²) in [7, 11) is 3.60. The molecular formula is C13H21ClN4O2. The van der Waals surface area contributed by atoms with Crippen LogP contribution in [0.2, 0.25) is 0 Å². The van der Waals surface area contributed by atoms with Gasteiger partial charge in [-0.3, -0.25) is 4.68 Å². The standard InChI is InChI=1S/C13H21ClN4O2/c1-10-12-13(17(2)16-10)18(11(15-12)4-5-14)6-7-20-9-8-19-3/h4-9H2,1-3H3. The second kappa shape index (κ2) is 7.06. The fourth-order valence-corrected chi connectivity index (χ4v) is 2.46. The molecule has 2 aromatic rings. The van der Waals surface area contributed by atoms with Crippen LogP contribution in [0.15, 0.2) is 0 Å². The van der Waals surface area contributed by atoms with Gasteiger partial charge in [0.1, 0.15) is 11.3 Å². The van der Waals surface area contributed by atoms with Crippen molar-refractivity contribution >= 4 is 22.8 Å². The first kappa shape index (κ1) is 15.3. The van der Waals surface area contributed by atoms with E-state index in [1.54, 1.807) is 7.11 Å². The number of nitrogens with zero attached hydrogens (tertiary/aromatic N) is 4. The highest BCUT2D eigenvalue weighted by atomic mass is 35.5. The van der Waals surface area contributed by atoms with Crippen LogP contribution in [0.4, 0.5) is 0 Å². The van der Waals surface area contributed by atoms with E-state index in [4.69, 9.17) is 21.1 Å². The lowest BCUT2D eigenvalue weighted by atomic mass is 10.4. The Kier molecular flexibility index (Phi) is 5.39. The molecule has 0 aliphatic rings. The molecule has 0 amide bonds. The smallest absolute Gasteiger partial charge is 0.158 e. The minimum absolute atomic E-state index is 0.556. The SMILES string of the molecule is COCCOCCn1c(CCCl)nc2c(C)nn(C)c21. The van der Waals surface area contributed by atoms with Crippen molar-refractivity contribution in [1.29, 1.82) is 0 Å². The van der Waals surface area contributed by atoms with Gasteiger partial charge in [0.15, 0.2) is 5.65 Å². The molecule has 0 atom stereocenters. The van der Waals surface area contributed by atoms with Crippen molar-refractivity contribution in [2.75, 3.05) is 32.8 Å². The summed E-state index contributed by atoms with van der Waals surface area (Å²) in [5, 5.41) is 4.41. The van der Waals surface area contributed by atoms with Crippen molar-refractivity contribution in [3.8, 4) is 0 Å². The largest absolute Gasteiger partial charge is 0.382 e. The third-order valence-corrected chi connectivity index (χ3v) is 3.37. The van der Waals surface area contributed by atoms with E-state index in [-0.39, 0.29) is 0 Å². The molecule has 0 saturated carbocycles. The molecular weight excluding hydrogens is 280 g/mol. The quantitative estimate of drug-likeness (QED) is 0.548. The van der Waals surface area contributed by atoms with E-state index in [0.29, 0.717) is 25.7 Å². The van der Waals surface area contributed by atoms with Crippen molar-refractivity contribution in [3.05, 3.63) is 11.5 Å². The van der Waals surface area contributed by atoms with Gasteiger partial charge in [-0.15, -0.1) is 11.6 Å². The normalized spacial score (nSPS) is 11.6. The Bertz CT molecular complexity index is 564. The molecule has 2 aromatic heterocycles. The minimum atomic E-state index is 0.556. The second-order valence-corrected chi connectivity index (χ2v) is 4.98. The van der Waals surface area contributed by atoms with Gasteiger partial charge in [0.25, 0.3) is 0 Å². The number of hydrogen-bond acceptors (Lipinski definition) is 4. The third kappa shape index (κ3) is 3.13. The number of ether oxygens (including phenoxy) is 2. The molecule has 0 aliphatic carbocycles. The van der Waals surface area contributed by atoms with Gasteiger partial charge in [0, 0.05) is 33.0 Å². The molecule has 0 radical (unpaired) electrons. The zero-order valence-electron chi connectivity index (χ0n) is 12.2. The van der Waals surface area contributed by atoms with Gasteiger partial charge >= 0.3 is 0 Å². The molecule has 112 valence electrons. The van der Waals surface area contributed by atoms with Crippen molar-refractivity contribution in [1.82, 2.24) is 19.3 Å². The Hall–Kier alpha value is -1.11. The first-order valence-corrected chi connectivity index (χ1v) is 7.23. The lowest BCUT2D eigenvalue weighted by molar-refractivity contribution is 0.0666. The number of rotatable bonds is 8. The molecule has 0 aliphatic heterocycles. The van der Waals surface area contributed by atoms with Gasteiger partial charge in [-0.2, -0.15) is 5.10 Å². The molecule has 0 unspecified atom stereocenters. The van der Waals surface area contributed by atoms with Gasteiger partial charge < -0.3 is 14.0 Å². The Morgan fingerprint density at radius 3 is 2.75 bits per heavy atom.